The maximum absolute atomic E-state index is 5.84. The second kappa shape index (κ2) is 4.92. The minimum absolute atomic E-state index is 0.763. The third kappa shape index (κ3) is 2.41. The lowest BCUT2D eigenvalue weighted by Crippen LogP contribution is -2.23. The number of hydrogen-bond donors (Lipinski definition) is 1. The maximum atomic E-state index is 5.84. The van der Waals surface area contributed by atoms with Gasteiger partial charge in [-0.2, -0.15) is 0 Å². The molecule has 0 atom stereocenters. The predicted molar refractivity (Wildman–Crippen MR) is 79.2 cm³/mol. The van der Waals surface area contributed by atoms with E-state index < -0.39 is 0 Å². The molecule has 2 aromatic rings. The van der Waals surface area contributed by atoms with Crippen LogP contribution < -0.4 is 10.6 Å². The molecule has 0 spiro atoms. The molecule has 2 heterocycles. The summed E-state index contributed by atoms with van der Waals surface area (Å²) in [5.74, 6) is 1.03. The van der Waals surface area contributed by atoms with Crippen LogP contribution in [0, 0.1) is 6.92 Å². The summed E-state index contributed by atoms with van der Waals surface area (Å²) in [6.07, 6.45) is 4.09. The molecule has 0 radical (unpaired) electrons. The van der Waals surface area contributed by atoms with Crippen molar-refractivity contribution in [3.8, 4) is 0 Å². The van der Waals surface area contributed by atoms with E-state index in [-0.39, 0.29) is 0 Å². The highest BCUT2D eigenvalue weighted by atomic mass is 15.2. The number of nitrogens with zero attached hydrogens (tertiary/aromatic N) is 2. The lowest BCUT2D eigenvalue weighted by molar-refractivity contribution is 0.754. The lowest BCUT2D eigenvalue weighted by atomic mass is 10.0. The van der Waals surface area contributed by atoms with Crippen molar-refractivity contribution < 1.29 is 0 Å². The Hall–Kier alpha value is -2.03. The molecule has 0 unspecified atom stereocenters. The number of benzene rings is 1. The SMILES string of the molecule is Cc1cc(N2CCCc3ccccc3C2)ncc1N. The number of aryl methyl sites for hydroxylation is 2. The Morgan fingerprint density at radius 2 is 2.00 bits per heavy atom. The van der Waals surface area contributed by atoms with Crippen LogP contribution in [0.4, 0.5) is 11.5 Å². The van der Waals surface area contributed by atoms with E-state index in [2.05, 4.69) is 40.2 Å². The normalized spacial score (nSPS) is 14.9. The average molecular weight is 253 g/mol. The highest BCUT2D eigenvalue weighted by Crippen LogP contribution is 2.24. The Morgan fingerprint density at radius 3 is 2.79 bits per heavy atom. The first-order chi connectivity index (χ1) is 9.24. The molecule has 0 saturated heterocycles. The van der Waals surface area contributed by atoms with Gasteiger partial charge in [-0.15, -0.1) is 0 Å². The fraction of sp³-hybridized carbons (Fsp3) is 0.312. The van der Waals surface area contributed by atoms with Gasteiger partial charge in [-0.05, 0) is 42.5 Å². The fourth-order valence-electron chi connectivity index (χ4n) is 2.62. The molecule has 19 heavy (non-hydrogen) atoms. The smallest absolute Gasteiger partial charge is 0.129 e. The number of nitrogens with two attached hydrogens (primary N) is 1. The van der Waals surface area contributed by atoms with Crippen molar-refractivity contribution in [3.63, 3.8) is 0 Å². The number of pyridine rings is 1. The molecule has 1 aliphatic heterocycles. The van der Waals surface area contributed by atoms with Crippen molar-refractivity contribution in [2.45, 2.75) is 26.3 Å². The average Bonchev–Trinajstić information content (AvgIpc) is 2.64. The van der Waals surface area contributed by atoms with Gasteiger partial charge in [0.15, 0.2) is 0 Å². The molecule has 0 fully saturated rings. The molecule has 2 N–H and O–H groups in total. The summed E-state index contributed by atoms with van der Waals surface area (Å²) in [6, 6.07) is 10.8. The second-order valence-electron chi connectivity index (χ2n) is 5.19. The van der Waals surface area contributed by atoms with E-state index in [1.54, 1.807) is 6.20 Å². The second-order valence-corrected chi connectivity index (χ2v) is 5.19. The molecule has 3 nitrogen and oxygen atoms in total. The zero-order valence-corrected chi connectivity index (χ0v) is 11.3. The molecule has 0 amide bonds. The van der Waals surface area contributed by atoms with Crippen LogP contribution in [0.5, 0.6) is 0 Å². The molecule has 3 heteroatoms. The van der Waals surface area contributed by atoms with Gasteiger partial charge in [-0.3, -0.25) is 0 Å². The summed E-state index contributed by atoms with van der Waals surface area (Å²) >= 11 is 0. The summed E-state index contributed by atoms with van der Waals surface area (Å²) in [4.78, 5) is 6.82. The van der Waals surface area contributed by atoms with E-state index in [0.29, 0.717) is 0 Å². The first kappa shape index (κ1) is 12.0. The van der Waals surface area contributed by atoms with Gasteiger partial charge < -0.3 is 10.6 Å². The Kier molecular flexibility index (Phi) is 3.11. The molecule has 3 rings (SSSR count). The van der Waals surface area contributed by atoms with E-state index in [1.165, 1.54) is 17.5 Å². The summed E-state index contributed by atoms with van der Waals surface area (Å²) in [5.41, 5.74) is 10.6. The van der Waals surface area contributed by atoms with Crippen molar-refractivity contribution >= 4 is 11.5 Å². The van der Waals surface area contributed by atoms with Gasteiger partial charge in [0, 0.05) is 13.1 Å². The van der Waals surface area contributed by atoms with Crippen LogP contribution in [0.1, 0.15) is 23.1 Å². The zero-order valence-electron chi connectivity index (χ0n) is 11.3. The summed E-state index contributed by atoms with van der Waals surface area (Å²) in [6.45, 7) is 4.02. The van der Waals surface area contributed by atoms with Crippen LogP contribution in [0.15, 0.2) is 36.5 Å². The molecule has 0 saturated carbocycles. The molecule has 1 aromatic carbocycles. The van der Waals surface area contributed by atoms with Crippen molar-refractivity contribution in [1.29, 1.82) is 0 Å². The molecule has 0 aliphatic carbocycles. The van der Waals surface area contributed by atoms with Gasteiger partial charge in [-0.1, -0.05) is 24.3 Å². The largest absolute Gasteiger partial charge is 0.397 e. The van der Waals surface area contributed by atoms with E-state index in [0.717, 1.165) is 36.6 Å². The van der Waals surface area contributed by atoms with Crippen molar-refractivity contribution in [2.75, 3.05) is 17.2 Å². The number of fused-ring (bicyclic) bond motifs is 1. The quantitative estimate of drug-likeness (QED) is 0.849. The van der Waals surface area contributed by atoms with Gasteiger partial charge in [0.05, 0.1) is 11.9 Å². The van der Waals surface area contributed by atoms with E-state index >= 15 is 0 Å². The standard InChI is InChI=1S/C16H19N3/c1-12-9-16(18-10-15(12)17)19-8-4-7-13-5-2-3-6-14(13)11-19/h2-3,5-6,9-10H,4,7-8,11,17H2,1H3. The van der Waals surface area contributed by atoms with Gasteiger partial charge in [0.1, 0.15) is 5.82 Å². The van der Waals surface area contributed by atoms with Crippen molar-refractivity contribution in [2.24, 2.45) is 0 Å². The molecule has 1 aromatic heterocycles. The first-order valence-electron chi connectivity index (χ1n) is 6.78. The first-order valence-corrected chi connectivity index (χ1v) is 6.78. The van der Waals surface area contributed by atoms with Crippen LogP contribution in [0.3, 0.4) is 0 Å². The van der Waals surface area contributed by atoms with E-state index in [9.17, 15) is 0 Å². The highest BCUT2D eigenvalue weighted by Gasteiger charge is 2.15. The molecular weight excluding hydrogens is 234 g/mol. The van der Waals surface area contributed by atoms with Crippen LogP contribution in [-0.4, -0.2) is 11.5 Å². The molecular formula is C16H19N3. The van der Waals surface area contributed by atoms with Gasteiger partial charge in [-0.25, -0.2) is 4.98 Å². The van der Waals surface area contributed by atoms with Crippen LogP contribution in [-0.2, 0) is 13.0 Å². The monoisotopic (exact) mass is 253 g/mol. The minimum Gasteiger partial charge on any atom is -0.397 e. The predicted octanol–water partition coefficient (Wildman–Crippen LogP) is 2.93. The molecule has 0 bridgehead atoms. The van der Waals surface area contributed by atoms with Gasteiger partial charge in [0.2, 0.25) is 0 Å². The Labute approximate surface area is 114 Å². The van der Waals surface area contributed by atoms with E-state index in [1.807, 2.05) is 6.92 Å². The number of anilines is 2. The third-order valence-electron chi connectivity index (χ3n) is 3.81. The fourth-order valence-corrected chi connectivity index (χ4v) is 2.62. The Bertz CT molecular complexity index is 592. The number of aromatic nitrogens is 1. The van der Waals surface area contributed by atoms with Crippen LogP contribution >= 0.6 is 0 Å². The summed E-state index contributed by atoms with van der Waals surface area (Å²) in [5, 5.41) is 0. The van der Waals surface area contributed by atoms with Gasteiger partial charge >= 0.3 is 0 Å². The van der Waals surface area contributed by atoms with Gasteiger partial charge in [0.25, 0.3) is 0 Å². The molecule has 98 valence electrons. The third-order valence-corrected chi connectivity index (χ3v) is 3.81. The highest BCUT2D eigenvalue weighted by molar-refractivity contribution is 5.52. The maximum Gasteiger partial charge on any atom is 0.129 e. The number of rotatable bonds is 1. The minimum atomic E-state index is 0.763. The Morgan fingerprint density at radius 1 is 1.21 bits per heavy atom. The van der Waals surface area contributed by atoms with Crippen LogP contribution in [0.25, 0.3) is 0 Å². The summed E-state index contributed by atoms with van der Waals surface area (Å²) in [7, 11) is 0. The van der Waals surface area contributed by atoms with Crippen molar-refractivity contribution in [1.82, 2.24) is 4.98 Å². The molecule has 1 aliphatic rings. The summed E-state index contributed by atoms with van der Waals surface area (Å²) < 4.78 is 0. The van der Waals surface area contributed by atoms with Crippen molar-refractivity contribution in [3.05, 3.63) is 53.2 Å². The number of hydrogen-bond acceptors (Lipinski definition) is 3. The van der Waals surface area contributed by atoms with Crippen LogP contribution in [0.2, 0.25) is 0 Å². The zero-order chi connectivity index (χ0) is 13.2. The topological polar surface area (TPSA) is 42.2 Å². The Balaban J connectivity index is 1.92. The lowest BCUT2D eigenvalue weighted by Gasteiger charge is -2.22. The van der Waals surface area contributed by atoms with E-state index in [4.69, 9.17) is 5.73 Å². The number of nitrogen functional groups attached to an aromatic ring is 1.